The molecule has 2 rings (SSSR count). The average molecular weight is 398 g/mol. The normalized spacial score (nSPS) is 21.7. The first-order valence-electron chi connectivity index (χ1n) is 8.83. The second-order valence-electron chi connectivity index (χ2n) is 6.70. The summed E-state index contributed by atoms with van der Waals surface area (Å²) >= 11 is 0. The molecule has 9 heteroatoms. The van der Waals surface area contributed by atoms with Crippen molar-refractivity contribution in [3.8, 4) is 0 Å². The first kappa shape index (κ1) is 21.3. The summed E-state index contributed by atoms with van der Waals surface area (Å²) in [6.45, 7) is 7.00. The van der Waals surface area contributed by atoms with Gasteiger partial charge in [0.15, 0.2) is 6.10 Å². The van der Waals surface area contributed by atoms with Crippen molar-refractivity contribution in [2.45, 2.75) is 57.3 Å². The fraction of sp³-hybridized carbons (Fsp3) is 0.556. The van der Waals surface area contributed by atoms with Gasteiger partial charge in [0.2, 0.25) is 10.0 Å². The molecule has 0 bridgehead atoms. The molecular weight excluding hydrogens is 372 g/mol. The van der Waals surface area contributed by atoms with Crippen molar-refractivity contribution >= 4 is 21.9 Å². The quantitative estimate of drug-likeness (QED) is 0.675. The van der Waals surface area contributed by atoms with Gasteiger partial charge in [0.05, 0.1) is 11.0 Å². The van der Waals surface area contributed by atoms with E-state index in [2.05, 4.69) is 5.32 Å². The molecule has 0 spiro atoms. The van der Waals surface area contributed by atoms with E-state index in [0.29, 0.717) is 6.54 Å². The molecule has 1 aromatic carbocycles. The number of likely N-dealkylation sites (N-methyl/N-ethyl adjacent to an activating group) is 1. The minimum atomic E-state index is -4.00. The summed E-state index contributed by atoms with van der Waals surface area (Å²) in [4.78, 5) is 24.3. The van der Waals surface area contributed by atoms with Gasteiger partial charge >= 0.3 is 5.97 Å². The van der Waals surface area contributed by atoms with E-state index in [1.807, 2.05) is 6.92 Å². The number of hydrogen-bond donors (Lipinski definition) is 2. The van der Waals surface area contributed by atoms with Crippen LogP contribution in [0.5, 0.6) is 0 Å². The van der Waals surface area contributed by atoms with Gasteiger partial charge < -0.3 is 15.2 Å². The highest BCUT2D eigenvalue weighted by Gasteiger charge is 2.45. The lowest BCUT2D eigenvalue weighted by Gasteiger charge is -2.24. The fourth-order valence-corrected chi connectivity index (χ4v) is 4.61. The first-order chi connectivity index (χ1) is 12.6. The molecule has 1 saturated heterocycles. The molecular formula is C18H26N2O6S. The van der Waals surface area contributed by atoms with Crippen LogP contribution in [0, 0.1) is 13.8 Å². The van der Waals surface area contributed by atoms with Crippen LogP contribution in [-0.4, -0.2) is 61.0 Å². The number of ether oxygens (including phenoxy) is 1. The zero-order chi connectivity index (χ0) is 20.4. The number of nitrogens with zero attached hydrogens (tertiary/aromatic N) is 1. The number of amides is 1. The highest BCUT2D eigenvalue weighted by Crippen LogP contribution is 2.28. The Bertz CT molecular complexity index is 823. The molecule has 27 heavy (non-hydrogen) atoms. The molecule has 1 aliphatic rings. The smallest absolute Gasteiger partial charge is 0.325 e. The van der Waals surface area contributed by atoms with Gasteiger partial charge in [0.1, 0.15) is 6.04 Å². The predicted molar refractivity (Wildman–Crippen MR) is 98.5 cm³/mol. The number of sulfonamides is 1. The van der Waals surface area contributed by atoms with Crippen LogP contribution in [0.2, 0.25) is 0 Å². The molecule has 0 radical (unpaired) electrons. The van der Waals surface area contributed by atoms with Crippen LogP contribution in [0.4, 0.5) is 0 Å². The summed E-state index contributed by atoms with van der Waals surface area (Å²) in [5.74, 6) is -1.31. The Balaban J connectivity index is 2.25. The largest absolute Gasteiger partial charge is 0.451 e. The van der Waals surface area contributed by atoms with Gasteiger partial charge in [-0.05, 0) is 51.0 Å². The zero-order valence-corrected chi connectivity index (χ0v) is 16.7. The molecule has 8 nitrogen and oxygen atoms in total. The Morgan fingerprint density at radius 1 is 1.33 bits per heavy atom. The third kappa shape index (κ3) is 4.66. The van der Waals surface area contributed by atoms with Gasteiger partial charge in [-0.3, -0.25) is 9.59 Å². The van der Waals surface area contributed by atoms with E-state index in [1.165, 1.54) is 19.1 Å². The lowest BCUT2D eigenvalue weighted by atomic mass is 10.1. The molecule has 1 aliphatic heterocycles. The number of nitrogens with one attached hydrogen (secondary N) is 1. The number of aryl methyl sites for hydroxylation is 2. The van der Waals surface area contributed by atoms with Crippen LogP contribution in [-0.2, 0) is 24.3 Å². The van der Waals surface area contributed by atoms with Crippen molar-refractivity contribution in [3.63, 3.8) is 0 Å². The number of benzene rings is 1. The highest BCUT2D eigenvalue weighted by molar-refractivity contribution is 7.89. The minimum Gasteiger partial charge on any atom is -0.451 e. The Hall–Kier alpha value is -1.97. The highest BCUT2D eigenvalue weighted by atomic mass is 32.2. The number of esters is 1. The Morgan fingerprint density at radius 2 is 2.00 bits per heavy atom. The number of aliphatic hydroxyl groups excluding tert-OH is 1. The molecule has 2 N–H and O–H groups in total. The fourth-order valence-electron chi connectivity index (χ4n) is 2.90. The van der Waals surface area contributed by atoms with Gasteiger partial charge in [-0.15, -0.1) is 0 Å². The van der Waals surface area contributed by atoms with Crippen molar-refractivity contribution in [3.05, 3.63) is 29.3 Å². The standard InChI is InChI=1S/C18H26N2O6S/c1-5-19-17(22)13(4)26-18(23)16-9-14(21)10-20(16)27(24,25)15-7-6-11(2)12(3)8-15/h6-8,13-14,16,21H,5,9-10H2,1-4H3,(H,19,22)/t13-,14-,16-/m0/s1. The summed E-state index contributed by atoms with van der Waals surface area (Å²) in [6.07, 6.45) is -2.12. The van der Waals surface area contributed by atoms with Gasteiger partial charge in [0, 0.05) is 19.5 Å². The van der Waals surface area contributed by atoms with Crippen molar-refractivity contribution in [2.75, 3.05) is 13.1 Å². The molecule has 0 saturated carbocycles. The summed E-state index contributed by atoms with van der Waals surface area (Å²) in [5, 5.41) is 12.5. The van der Waals surface area contributed by atoms with Crippen LogP contribution in [0.1, 0.15) is 31.4 Å². The van der Waals surface area contributed by atoms with Crippen LogP contribution in [0.25, 0.3) is 0 Å². The van der Waals surface area contributed by atoms with Gasteiger partial charge in [0.25, 0.3) is 5.91 Å². The molecule has 3 atom stereocenters. The number of rotatable bonds is 6. The SMILES string of the molecule is CCNC(=O)[C@H](C)OC(=O)[C@@H]1C[C@H](O)CN1S(=O)(=O)c1ccc(C)c(C)c1. The van der Waals surface area contributed by atoms with Crippen LogP contribution >= 0.6 is 0 Å². The molecule has 0 aliphatic carbocycles. The molecule has 0 aromatic heterocycles. The minimum absolute atomic E-state index is 0.0503. The maximum absolute atomic E-state index is 13.0. The third-order valence-electron chi connectivity index (χ3n) is 4.60. The van der Waals surface area contributed by atoms with Gasteiger partial charge in [-0.2, -0.15) is 4.31 Å². The van der Waals surface area contributed by atoms with Gasteiger partial charge in [-0.25, -0.2) is 8.42 Å². The second-order valence-corrected chi connectivity index (χ2v) is 8.59. The summed E-state index contributed by atoms with van der Waals surface area (Å²) in [6, 6.07) is 3.53. The maximum Gasteiger partial charge on any atom is 0.325 e. The molecule has 1 fully saturated rings. The Labute approximate surface area is 159 Å². The van der Waals surface area contributed by atoms with E-state index in [4.69, 9.17) is 4.74 Å². The van der Waals surface area contributed by atoms with Crippen LogP contribution in [0.3, 0.4) is 0 Å². The van der Waals surface area contributed by atoms with E-state index in [9.17, 15) is 23.1 Å². The van der Waals surface area contributed by atoms with Crippen molar-refractivity contribution in [2.24, 2.45) is 0 Å². The lowest BCUT2D eigenvalue weighted by molar-refractivity contribution is -0.157. The van der Waals surface area contributed by atoms with Crippen molar-refractivity contribution in [1.82, 2.24) is 9.62 Å². The van der Waals surface area contributed by atoms with E-state index in [0.717, 1.165) is 15.4 Å². The summed E-state index contributed by atoms with van der Waals surface area (Å²) in [7, 11) is -4.00. The molecule has 1 heterocycles. The third-order valence-corrected chi connectivity index (χ3v) is 6.47. The Kier molecular flexibility index (Phi) is 6.61. The van der Waals surface area contributed by atoms with Crippen molar-refractivity contribution < 1.29 is 27.9 Å². The molecule has 1 amide bonds. The molecule has 0 unspecified atom stereocenters. The topological polar surface area (TPSA) is 113 Å². The van der Waals surface area contributed by atoms with Gasteiger partial charge in [-0.1, -0.05) is 6.07 Å². The van der Waals surface area contributed by atoms with E-state index >= 15 is 0 Å². The average Bonchev–Trinajstić information content (AvgIpc) is 3.00. The van der Waals surface area contributed by atoms with Crippen LogP contribution < -0.4 is 5.32 Å². The summed E-state index contributed by atoms with van der Waals surface area (Å²) in [5.41, 5.74) is 1.75. The maximum atomic E-state index is 13.0. The van der Waals surface area contributed by atoms with E-state index < -0.39 is 40.1 Å². The zero-order valence-electron chi connectivity index (χ0n) is 15.9. The van der Waals surface area contributed by atoms with Crippen molar-refractivity contribution in [1.29, 1.82) is 0 Å². The monoisotopic (exact) mass is 398 g/mol. The number of carbonyl (C=O) groups is 2. The van der Waals surface area contributed by atoms with E-state index in [1.54, 1.807) is 19.9 Å². The summed E-state index contributed by atoms with van der Waals surface area (Å²) < 4.78 is 32.1. The van der Waals surface area contributed by atoms with E-state index in [-0.39, 0.29) is 17.9 Å². The number of carbonyl (C=O) groups excluding carboxylic acids is 2. The Morgan fingerprint density at radius 3 is 2.59 bits per heavy atom. The number of β-amino-alcohol motifs (C(OH)–C–C–N with tert-alkyl or cyclic N) is 1. The molecule has 150 valence electrons. The predicted octanol–water partition coefficient (Wildman–Crippen LogP) is 0.495. The van der Waals surface area contributed by atoms with Crippen LogP contribution in [0.15, 0.2) is 23.1 Å². The number of hydrogen-bond acceptors (Lipinski definition) is 6. The number of aliphatic hydroxyl groups is 1. The lowest BCUT2D eigenvalue weighted by Crippen LogP contribution is -2.44. The second kappa shape index (κ2) is 8.37. The first-order valence-corrected chi connectivity index (χ1v) is 10.3. The molecule has 1 aromatic rings.